The van der Waals surface area contributed by atoms with E-state index in [4.69, 9.17) is 21.4 Å². The van der Waals surface area contributed by atoms with Crippen molar-refractivity contribution in [1.29, 1.82) is 0 Å². The van der Waals surface area contributed by atoms with Gasteiger partial charge in [0.05, 0.1) is 18.6 Å². The van der Waals surface area contributed by atoms with Crippen molar-refractivity contribution >= 4 is 23.5 Å². The van der Waals surface area contributed by atoms with Crippen LogP contribution in [0.5, 0.6) is 5.75 Å². The van der Waals surface area contributed by atoms with Crippen molar-refractivity contribution < 1.29 is 19.4 Å². The molecule has 0 spiro atoms. The first-order chi connectivity index (χ1) is 8.43. The number of carboxylic acids is 1. The maximum atomic E-state index is 11.5. The summed E-state index contributed by atoms with van der Waals surface area (Å²) in [6.45, 7) is 1.40. The van der Waals surface area contributed by atoms with Gasteiger partial charge in [0.2, 0.25) is 5.91 Å². The van der Waals surface area contributed by atoms with E-state index in [2.05, 4.69) is 5.32 Å². The van der Waals surface area contributed by atoms with E-state index in [1.165, 1.54) is 14.0 Å². The summed E-state index contributed by atoms with van der Waals surface area (Å²) in [5.41, 5.74) is 0.691. The van der Waals surface area contributed by atoms with Gasteiger partial charge in [-0.15, -0.1) is 0 Å². The highest BCUT2D eigenvalue weighted by Crippen LogP contribution is 2.24. The molecule has 0 aliphatic rings. The molecule has 0 heterocycles. The lowest BCUT2D eigenvalue weighted by molar-refractivity contribution is -0.141. The van der Waals surface area contributed by atoms with Gasteiger partial charge in [-0.1, -0.05) is 17.7 Å². The van der Waals surface area contributed by atoms with Crippen molar-refractivity contribution in [1.82, 2.24) is 5.32 Å². The number of aliphatic carboxylic acids is 1. The summed E-state index contributed by atoms with van der Waals surface area (Å²) in [5, 5.41) is 11.4. The first-order valence-corrected chi connectivity index (χ1v) is 5.66. The van der Waals surface area contributed by atoms with Crippen LogP contribution < -0.4 is 10.1 Å². The molecule has 1 aromatic carbocycles. The minimum atomic E-state index is -1.07. The Morgan fingerprint density at radius 1 is 1.50 bits per heavy atom. The number of ether oxygens (including phenoxy) is 1. The highest BCUT2D eigenvalue weighted by atomic mass is 35.5. The summed E-state index contributed by atoms with van der Waals surface area (Å²) in [6, 6.07) is 4.07. The quantitative estimate of drug-likeness (QED) is 0.851. The zero-order valence-corrected chi connectivity index (χ0v) is 10.8. The minimum Gasteiger partial charge on any atom is -0.495 e. The molecule has 0 unspecified atom stereocenters. The van der Waals surface area contributed by atoms with Crippen LogP contribution in [0.1, 0.15) is 12.5 Å². The summed E-state index contributed by atoms with van der Waals surface area (Å²) < 4.78 is 4.99. The van der Waals surface area contributed by atoms with Gasteiger partial charge in [0, 0.05) is 0 Å². The highest BCUT2D eigenvalue weighted by Gasteiger charge is 2.14. The van der Waals surface area contributed by atoms with E-state index in [9.17, 15) is 9.59 Å². The van der Waals surface area contributed by atoms with Gasteiger partial charge in [0.25, 0.3) is 0 Å². The van der Waals surface area contributed by atoms with Crippen LogP contribution >= 0.6 is 11.6 Å². The molecule has 0 fully saturated rings. The van der Waals surface area contributed by atoms with Crippen molar-refractivity contribution in [2.45, 2.75) is 19.4 Å². The normalized spacial score (nSPS) is 11.7. The summed E-state index contributed by atoms with van der Waals surface area (Å²) in [7, 11) is 1.50. The maximum Gasteiger partial charge on any atom is 0.325 e. The van der Waals surface area contributed by atoms with Crippen LogP contribution in [0.2, 0.25) is 5.02 Å². The van der Waals surface area contributed by atoms with Gasteiger partial charge in [0.1, 0.15) is 11.8 Å². The Morgan fingerprint density at radius 2 is 2.17 bits per heavy atom. The van der Waals surface area contributed by atoms with Crippen molar-refractivity contribution in [3.8, 4) is 5.75 Å². The third kappa shape index (κ3) is 3.92. The third-order valence-electron chi connectivity index (χ3n) is 2.33. The molecule has 1 rings (SSSR count). The van der Waals surface area contributed by atoms with Gasteiger partial charge in [-0.3, -0.25) is 9.59 Å². The van der Waals surface area contributed by atoms with Crippen LogP contribution in [-0.4, -0.2) is 30.1 Å². The molecule has 0 radical (unpaired) electrons. The first-order valence-electron chi connectivity index (χ1n) is 5.28. The zero-order valence-electron chi connectivity index (χ0n) is 10.1. The molecular weight excluding hydrogens is 258 g/mol. The van der Waals surface area contributed by atoms with Crippen molar-refractivity contribution in [3.05, 3.63) is 28.8 Å². The van der Waals surface area contributed by atoms with Gasteiger partial charge in [0.15, 0.2) is 0 Å². The van der Waals surface area contributed by atoms with E-state index in [1.807, 2.05) is 0 Å². The summed E-state index contributed by atoms with van der Waals surface area (Å²) in [5.74, 6) is -0.915. The number of rotatable bonds is 5. The average molecular weight is 272 g/mol. The Balaban J connectivity index is 2.65. The van der Waals surface area contributed by atoms with Gasteiger partial charge in [-0.2, -0.15) is 0 Å². The number of benzene rings is 1. The van der Waals surface area contributed by atoms with E-state index in [-0.39, 0.29) is 12.3 Å². The SMILES string of the molecule is COc1ccc(CC(=O)N[C@@H](C)C(=O)O)cc1Cl. The zero-order chi connectivity index (χ0) is 13.7. The number of nitrogens with one attached hydrogen (secondary N) is 1. The second kappa shape index (κ2) is 6.26. The maximum absolute atomic E-state index is 11.5. The molecule has 6 heteroatoms. The number of hydrogen-bond acceptors (Lipinski definition) is 3. The van der Waals surface area contributed by atoms with Crippen LogP contribution in [0.25, 0.3) is 0 Å². The molecule has 0 saturated heterocycles. The number of methoxy groups -OCH3 is 1. The summed E-state index contributed by atoms with van der Waals surface area (Å²) >= 11 is 5.92. The molecule has 5 nitrogen and oxygen atoms in total. The number of carbonyl (C=O) groups excluding carboxylic acids is 1. The standard InChI is InChI=1S/C12H14ClNO4/c1-7(12(16)17)14-11(15)6-8-3-4-10(18-2)9(13)5-8/h3-5,7H,6H2,1-2H3,(H,14,15)(H,16,17)/t7-/m0/s1. The fourth-order valence-corrected chi connectivity index (χ4v) is 1.64. The molecule has 2 N–H and O–H groups in total. The number of amides is 1. The van der Waals surface area contributed by atoms with Crippen LogP contribution in [0, 0.1) is 0 Å². The molecule has 1 aromatic rings. The molecule has 0 aromatic heterocycles. The van der Waals surface area contributed by atoms with E-state index in [1.54, 1.807) is 18.2 Å². The lowest BCUT2D eigenvalue weighted by Crippen LogP contribution is -2.39. The number of carboxylic acid groups (broad SMARTS) is 1. The number of carbonyl (C=O) groups is 2. The highest BCUT2D eigenvalue weighted by molar-refractivity contribution is 6.32. The molecule has 0 aliphatic carbocycles. The van der Waals surface area contributed by atoms with Crippen molar-refractivity contribution in [3.63, 3.8) is 0 Å². The lowest BCUT2D eigenvalue weighted by Gasteiger charge is -2.10. The average Bonchev–Trinajstić information content (AvgIpc) is 2.28. The van der Waals surface area contributed by atoms with Gasteiger partial charge in [-0.25, -0.2) is 0 Å². The largest absolute Gasteiger partial charge is 0.495 e. The van der Waals surface area contributed by atoms with Crippen LogP contribution in [0.4, 0.5) is 0 Å². The fourth-order valence-electron chi connectivity index (χ4n) is 1.36. The van der Waals surface area contributed by atoms with Gasteiger partial charge < -0.3 is 15.2 Å². The Bertz CT molecular complexity index is 461. The summed E-state index contributed by atoms with van der Waals surface area (Å²) in [4.78, 5) is 22.1. The van der Waals surface area contributed by atoms with E-state index in [0.717, 1.165) is 0 Å². The molecule has 0 bridgehead atoms. The van der Waals surface area contributed by atoms with Crippen LogP contribution in [0.3, 0.4) is 0 Å². The molecule has 1 atom stereocenters. The predicted octanol–water partition coefficient (Wildman–Crippen LogP) is 1.48. The third-order valence-corrected chi connectivity index (χ3v) is 2.62. The second-order valence-corrected chi connectivity index (χ2v) is 4.18. The second-order valence-electron chi connectivity index (χ2n) is 3.77. The molecule has 0 saturated carbocycles. The molecule has 98 valence electrons. The molecule has 18 heavy (non-hydrogen) atoms. The lowest BCUT2D eigenvalue weighted by atomic mass is 10.1. The molecular formula is C12H14ClNO4. The first kappa shape index (κ1) is 14.3. The smallest absolute Gasteiger partial charge is 0.325 e. The van der Waals surface area contributed by atoms with Gasteiger partial charge >= 0.3 is 5.97 Å². The topological polar surface area (TPSA) is 75.6 Å². The van der Waals surface area contributed by atoms with Crippen molar-refractivity contribution in [2.75, 3.05) is 7.11 Å². The number of halogens is 1. The van der Waals surface area contributed by atoms with E-state index < -0.39 is 12.0 Å². The Labute approximate surface area is 110 Å². The van der Waals surface area contributed by atoms with Crippen LogP contribution in [-0.2, 0) is 16.0 Å². The predicted molar refractivity (Wildman–Crippen MR) is 66.9 cm³/mol. The van der Waals surface area contributed by atoms with Crippen LogP contribution in [0.15, 0.2) is 18.2 Å². The fraction of sp³-hybridized carbons (Fsp3) is 0.333. The Hall–Kier alpha value is -1.75. The van der Waals surface area contributed by atoms with Crippen molar-refractivity contribution in [2.24, 2.45) is 0 Å². The summed E-state index contributed by atoms with van der Waals surface area (Å²) in [6.07, 6.45) is 0.0708. The monoisotopic (exact) mass is 271 g/mol. The van der Waals surface area contributed by atoms with E-state index in [0.29, 0.717) is 16.3 Å². The van der Waals surface area contributed by atoms with E-state index >= 15 is 0 Å². The number of hydrogen-bond donors (Lipinski definition) is 2. The Kier molecular flexibility index (Phi) is 4.97. The molecule has 0 aliphatic heterocycles. The minimum absolute atomic E-state index is 0.0708. The Morgan fingerprint density at radius 3 is 2.67 bits per heavy atom. The molecule has 1 amide bonds. The van der Waals surface area contributed by atoms with Gasteiger partial charge in [-0.05, 0) is 24.6 Å².